The number of nitrogens with zero attached hydrogens (tertiary/aromatic N) is 3. The van der Waals surface area contributed by atoms with E-state index in [1.807, 2.05) is 28.5 Å². The molecule has 0 aromatic carbocycles. The maximum atomic E-state index is 12.2. The number of aromatic nitrogens is 1. The van der Waals surface area contributed by atoms with Crippen molar-refractivity contribution < 1.29 is 9.59 Å². The fourth-order valence-electron chi connectivity index (χ4n) is 2.66. The van der Waals surface area contributed by atoms with E-state index in [2.05, 4.69) is 15.2 Å². The maximum absolute atomic E-state index is 12.2. The highest BCUT2D eigenvalue weighted by Crippen LogP contribution is 2.09. The SMILES string of the molecule is O=C(NCC(=O)N1CCN(Cc2ccncc2)CC1)c1cccs1. The number of rotatable bonds is 5. The van der Waals surface area contributed by atoms with Gasteiger partial charge in [-0.2, -0.15) is 0 Å². The van der Waals surface area contributed by atoms with E-state index in [1.54, 1.807) is 18.5 Å². The Kier molecular flexibility index (Phi) is 5.55. The van der Waals surface area contributed by atoms with Crippen molar-refractivity contribution in [2.75, 3.05) is 32.7 Å². The Labute approximate surface area is 145 Å². The molecule has 3 heterocycles. The number of carbonyl (C=O) groups excluding carboxylic acids is 2. The summed E-state index contributed by atoms with van der Waals surface area (Å²) in [7, 11) is 0. The third-order valence-corrected chi connectivity index (χ3v) is 4.89. The summed E-state index contributed by atoms with van der Waals surface area (Å²) in [4.78, 5) is 32.9. The van der Waals surface area contributed by atoms with Crippen molar-refractivity contribution in [2.24, 2.45) is 0 Å². The first-order valence-electron chi connectivity index (χ1n) is 7.93. The minimum absolute atomic E-state index is 0.0246. The number of hydrogen-bond donors (Lipinski definition) is 1. The lowest BCUT2D eigenvalue weighted by Crippen LogP contribution is -2.50. The standard InChI is InChI=1S/C17H20N4O2S/c22-16(12-19-17(23)15-2-1-11-24-15)21-9-7-20(8-10-21)13-14-3-5-18-6-4-14/h1-6,11H,7-10,12-13H2,(H,19,23). The first-order chi connectivity index (χ1) is 11.7. The Morgan fingerprint density at radius 1 is 1.12 bits per heavy atom. The van der Waals surface area contributed by atoms with Crippen LogP contribution in [-0.2, 0) is 11.3 Å². The molecule has 0 spiro atoms. The van der Waals surface area contributed by atoms with Gasteiger partial charge >= 0.3 is 0 Å². The molecule has 0 atom stereocenters. The Morgan fingerprint density at radius 2 is 1.88 bits per heavy atom. The van der Waals surface area contributed by atoms with Gasteiger partial charge in [0.15, 0.2) is 0 Å². The van der Waals surface area contributed by atoms with Crippen molar-refractivity contribution in [1.29, 1.82) is 0 Å². The molecule has 0 saturated carbocycles. The molecule has 0 radical (unpaired) electrons. The van der Waals surface area contributed by atoms with Crippen LogP contribution in [0.1, 0.15) is 15.2 Å². The Hall–Kier alpha value is -2.25. The van der Waals surface area contributed by atoms with Gasteiger partial charge in [-0.3, -0.25) is 19.5 Å². The van der Waals surface area contributed by atoms with E-state index in [1.165, 1.54) is 16.9 Å². The fraction of sp³-hybridized carbons (Fsp3) is 0.353. The van der Waals surface area contributed by atoms with Crippen LogP contribution in [0.2, 0.25) is 0 Å². The zero-order valence-electron chi connectivity index (χ0n) is 13.4. The van der Waals surface area contributed by atoms with Crippen molar-refractivity contribution in [1.82, 2.24) is 20.1 Å². The van der Waals surface area contributed by atoms with Crippen LogP contribution in [0, 0.1) is 0 Å². The lowest BCUT2D eigenvalue weighted by molar-refractivity contribution is -0.131. The molecule has 7 heteroatoms. The molecule has 0 bridgehead atoms. The summed E-state index contributed by atoms with van der Waals surface area (Å²) in [5.41, 5.74) is 1.23. The molecule has 3 rings (SSSR count). The van der Waals surface area contributed by atoms with E-state index >= 15 is 0 Å². The van der Waals surface area contributed by atoms with Gasteiger partial charge in [-0.25, -0.2) is 0 Å². The predicted molar refractivity (Wildman–Crippen MR) is 92.7 cm³/mol. The first-order valence-corrected chi connectivity index (χ1v) is 8.81. The van der Waals surface area contributed by atoms with Crippen LogP contribution in [0.15, 0.2) is 42.0 Å². The monoisotopic (exact) mass is 344 g/mol. The summed E-state index contributed by atoms with van der Waals surface area (Å²) in [6, 6.07) is 7.60. The average Bonchev–Trinajstić information content (AvgIpc) is 3.16. The van der Waals surface area contributed by atoms with Gasteiger partial charge in [-0.05, 0) is 29.1 Å². The smallest absolute Gasteiger partial charge is 0.261 e. The molecule has 2 aromatic rings. The molecule has 0 unspecified atom stereocenters. The highest BCUT2D eigenvalue weighted by Gasteiger charge is 2.21. The number of carbonyl (C=O) groups is 2. The van der Waals surface area contributed by atoms with Gasteiger partial charge < -0.3 is 10.2 Å². The second-order valence-corrected chi connectivity index (χ2v) is 6.62. The van der Waals surface area contributed by atoms with Gasteiger partial charge in [0.25, 0.3) is 5.91 Å². The van der Waals surface area contributed by atoms with Crippen molar-refractivity contribution in [3.05, 3.63) is 52.5 Å². The van der Waals surface area contributed by atoms with Gasteiger partial charge in [-0.15, -0.1) is 11.3 Å². The lowest BCUT2D eigenvalue weighted by Gasteiger charge is -2.34. The lowest BCUT2D eigenvalue weighted by atomic mass is 10.2. The van der Waals surface area contributed by atoms with E-state index in [0.717, 1.165) is 19.6 Å². The molecule has 6 nitrogen and oxygen atoms in total. The molecule has 2 aromatic heterocycles. The Morgan fingerprint density at radius 3 is 2.54 bits per heavy atom. The minimum Gasteiger partial charge on any atom is -0.342 e. The summed E-state index contributed by atoms with van der Waals surface area (Å²) >= 11 is 1.37. The zero-order chi connectivity index (χ0) is 16.8. The molecule has 24 heavy (non-hydrogen) atoms. The van der Waals surface area contributed by atoms with E-state index < -0.39 is 0 Å². The molecular weight excluding hydrogens is 324 g/mol. The highest BCUT2D eigenvalue weighted by atomic mass is 32.1. The highest BCUT2D eigenvalue weighted by molar-refractivity contribution is 7.12. The van der Waals surface area contributed by atoms with Crippen molar-refractivity contribution >= 4 is 23.2 Å². The normalized spacial score (nSPS) is 15.2. The summed E-state index contributed by atoms with van der Waals surface area (Å²) in [5, 5.41) is 4.54. The molecule has 1 saturated heterocycles. The Balaban J connectivity index is 1.41. The average molecular weight is 344 g/mol. The van der Waals surface area contributed by atoms with Crippen LogP contribution in [0.25, 0.3) is 0 Å². The molecule has 0 aliphatic carbocycles. The topological polar surface area (TPSA) is 65.5 Å². The predicted octanol–water partition coefficient (Wildman–Crippen LogP) is 1.22. The Bertz CT molecular complexity index is 667. The number of amides is 2. The number of pyridine rings is 1. The zero-order valence-corrected chi connectivity index (χ0v) is 14.2. The largest absolute Gasteiger partial charge is 0.342 e. The molecular formula is C17H20N4O2S. The summed E-state index contributed by atoms with van der Waals surface area (Å²) in [5.74, 6) is -0.210. The fourth-order valence-corrected chi connectivity index (χ4v) is 3.30. The van der Waals surface area contributed by atoms with Gasteiger partial charge in [0.05, 0.1) is 11.4 Å². The second-order valence-electron chi connectivity index (χ2n) is 5.67. The van der Waals surface area contributed by atoms with Gasteiger partial charge in [0.1, 0.15) is 0 Å². The molecule has 1 aliphatic rings. The van der Waals surface area contributed by atoms with Gasteiger partial charge in [0.2, 0.25) is 5.91 Å². The first kappa shape index (κ1) is 16.6. The van der Waals surface area contributed by atoms with E-state index in [9.17, 15) is 9.59 Å². The third-order valence-electron chi connectivity index (χ3n) is 4.03. The number of nitrogens with one attached hydrogen (secondary N) is 1. The maximum Gasteiger partial charge on any atom is 0.261 e. The van der Waals surface area contributed by atoms with Crippen LogP contribution in [-0.4, -0.2) is 59.3 Å². The van der Waals surface area contributed by atoms with Crippen molar-refractivity contribution in [3.63, 3.8) is 0 Å². The van der Waals surface area contributed by atoms with E-state index in [0.29, 0.717) is 18.0 Å². The summed E-state index contributed by atoms with van der Waals surface area (Å²) < 4.78 is 0. The molecule has 126 valence electrons. The number of piperazine rings is 1. The van der Waals surface area contributed by atoms with Gasteiger partial charge in [-0.1, -0.05) is 6.07 Å². The van der Waals surface area contributed by atoms with Crippen molar-refractivity contribution in [3.8, 4) is 0 Å². The van der Waals surface area contributed by atoms with Crippen LogP contribution in [0.5, 0.6) is 0 Å². The van der Waals surface area contributed by atoms with Crippen LogP contribution in [0.3, 0.4) is 0 Å². The third kappa shape index (κ3) is 4.39. The quantitative estimate of drug-likeness (QED) is 0.886. The summed E-state index contributed by atoms with van der Waals surface area (Å²) in [6.07, 6.45) is 3.59. The van der Waals surface area contributed by atoms with E-state index in [4.69, 9.17) is 0 Å². The van der Waals surface area contributed by atoms with Crippen molar-refractivity contribution in [2.45, 2.75) is 6.54 Å². The number of hydrogen-bond acceptors (Lipinski definition) is 5. The second kappa shape index (κ2) is 8.03. The van der Waals surface area contributed by atoms with Crippen LogP contribution in [0.4, 0.5) is 0 Å². The molecule has 1 fully saturated rings. The minimum atomic E-state index is -0.185. The molecule has 1 aliphatic heterocycles. The number of thiophene rings is 1. The molecule has 1 N–H and O–H groups in total. The molecule has 2 amide bonds. The van der Waals surface area contributed by atoms with Gasteiger partial charge in [0, 0.05) is 45.1 Å². The summed E-state index contributed by atoms with van der Waals surface area (Å²) in [6.45, 7) is 4.00. The van der Waals surface area contributed by atoms with E-state index in [-0.39, 0.29) is 18.4 Å². The van der Waals surface area contributed by atoms with Crippen LogP contribution >= 0.6 is 11.3 Å². The van der Waals surface area contributed by atoms with Crippen LogP contribution < -0.4 is 5.32 Å².